The number of anilines is 2. The molecule has 1 heterocycles. The number of urea groups is 1. The van der Waals surface area contributed by atoms with E-state index in [0.29, 0.717) is 11.5 Å². The lowest BCUT2D eigenvalue weighted by atomic mass is 9.83. The number of H-pyrrole nitrogens is 1. The average Bonchev–Trinajstić information content (AvgIpc) is 3.73. The number of amides is 3. The smallest absolute Gasteiger partial charge is 0.319 e. The molecule has 3 amide bonds. The van der Waals surface area contributed by atoms with Crippen molar-refractivity contribution in [2.45, 2.75) is 61.8 Å². The lowest BCUT2D eigenvalue weighted by molar-refractivity contribution is 0.102. The Morgan fingerprint density at radius 1 is 0.881 bits per heavy atom. The SMILES string of the molecule is O=C(Nc1cccc(SCC2CC2)c1)NC(c1ccc(C(=O)Nc2nn[nH]n2)cc1)c1ccc(C2CCCCC2)cc1. The first-order valence-electron chi connectivity index (χ1n) is 14.7. The summed E-state index contributed by atoms with van der Waals surface area (Å²) in [5.41, 5.74) is 4.40. The van der Waals surface area contributed by atoms with E-state index in [2.05, 4.69) is 66.9 Å². The molecule has 1 unspecified atom stereocenters. The average molecular weight is 582 g/mol. The molecule has 2 aliphatic carbocycles. The molecule has 2 saturated carbocycles. The molecule has 6 rings (SSSR count). The first kappa shape index (κ1) is 28.0. The molecule has 42 heavy (non-hydrogen) atoms. The van der Waals surface area contributed by atoms with Gasteiger partial charge in [0.05, 0.1) is 6.04 Å². The van der Waals surface area contributed by atoms with Crippen LogP contribution in [0, 0.1) is 5.92 Å². The fraction of sp³-hybridized carbons (Fsp3) is 0.344. The van der Waals surface area contributed by atoms with Crippen LogP contribution >= 0.6 is 11.8 Å². The minimum absolute atomic E-state index is 0.105. The van der Waals surface area contributed by atoms with Gasteiger partial charge in [-0.3, -0.25) is 10.1 Å². The second-order valence-electron chi connectivity index (χ2n) is 11.1. The van der Waals surface area contributed by atoms with Crippen molar-refractivity contribution in [3.05, 3.63) is 95.1 Å². The molecule has 216 valence electrons. The van der Waals surface area contributed by atoms with Crippen molar-refractivity contribution in [1.29, 1.82) is 0 Å². The summed E-state index contributed by atoms with van der Waals surface area (Å²) in [6.07, 6.45) is 8.99. The number of aromatic nitrogens is 4. The lowest BCUT2D eigenvalue weighted by Crippen LogP contribution is -2.33. The van der Waals surface area contributed by atoms with Gasteiger partial charge in [0.1, 0.15) is 0 Å². The monoisotopic (exact) mass is 581 g/mol. The Morgan fingerprint density at radius 3 is 2.31 bits per heavy atom. The van der Waals surface area contributed by atoms with Gasteiger partial charge in [0.15, 0.2) is 0 Å². The Labute approximate surface area is 249 Å². The van der Waals surface area contributed by atoms with Crippen molar-refractivity contribution >= 4 is 35.3 Å². The zero-order chi connectivity index (χ0) is 28.7. The van der Waals surface area contributed by atoms with Gasteiger partial charge >= 0.3 is 6.03 Å². The number of rotatable bonds is 10. The number of nitrogens with zero attached hydrogens (tertiary/aromatic N) is 3. The van der Waals surface area contributed by atoms with Crippen molar-refractivity contribution in [3.63, 3.8) is 0 Å². The number of hydrogen-bond donors (Lipinski definition) is 4. The Balaban J connectivity index is 1.19. The highest BCUT2D eigenvalue weighted by Crippen LogP contribution is 2.36. The van der Waals surface area contributed by atoms with Gasteiger partial charge in [-0.1, -0.05) is 66.8 Å². The molecule has 2 fully saturated rings. The van der Waals surface area contributed by atoms with E-state index in [0.717, 1.165) is 33.4 Å². The van der Waals surface area contributed by atoms with Gasteiger partial charge < -0.3 is 10.6 Å². The Kier molecular flexibility index (Phi) is 8.79. The van der Waals surface area contributed by atoms with Crippen LogP contribution in [-0.2, 0) is 0 Å². The maximum atomic E-state index is 13.3. The highest BCUT2D eigenvalue weighted by atomic mass is 32.2. The predicted octanol–water partition coefficient (Wildman–Crippen LogP) is 6.91. The number of nitrogens with one attached hydrogen (secondary N) is 4. The molecule has 10 heteroatoms. The highest BCUT2D eigenvalue weighted by molar-refractivity contribution is 7.99. The summed E-state index contributed by atoms with van der Waals surface area (Å²) in [7, 11) is 0. The Hall–Kier alpha value is -4.18. The van der Waals surface area contributed by atoms with Crippen molar-refractivity contribution in [2.75, 3.05) is 16.4 Å². The molecule has 0 radical (unpaired) electrons. The summed E-state index contributed by atoms with van der Waals surface area (Å²) < 4.78 is 0. The molecular formula is C32H35N7O2S. The van der Waals surface area contributed by atoms with Crippen LogP contribution in [-0.4, -0.2) is 38.3 Å². The van der Waals surface area contributed by atoms with Gasteiger partial charge in [-0.05, 0) is 89.8 Å². The van der Waals surface area contributed by atoms with E-state index < -0.39 is 6.04 Å². The third-order valence-electron chi connectivity index (χ3n) is 7.97. The summed E-state index contributed by atoms with van der Waals surface area (Å²) in [5, 5.41) is 22.1. The van der Waals surface area contributed by atoms with Crippen LogP contribution in [0.5, 0.6) is 0 Å². The van der Waals surface area contributed by atoms with Gasteiger partial charge in [-0.15, -0.1) is 16.9 Å². The summed E-state index contributed by atoms with van der Waals surface area (Å²) in [4.78, 5) is 27.1. The molecule has 9 nitrogen and oxygen atoms in total. The van der Waals surface area contributed by atoms with Crippen molar-refractivity contribution < 1.29 is 9.59 Å². The lowest BCUT2D eigenvalue weighted by Gasteiger charge is -2.24. The fourth-order valence-electron chi connectivity index (χ4n) is 5.43. The molecule has 4 N–H and O–H groups in total. The number of carbonyl (C=O) groups is 2. The number of thioether (sulfide) groups is 1. The van der Waals surface area contributed by atoms with E-state index in [9.17, 15) is 9.59 Å². The zero-order valence-electron chi connectivity index (χ0n) is 23.4. The molecule has 0 spiro atoms. The number of tetrazole rings is 1. The summed E-state index contributed by atoms with van der Waals surface area (Å²) in [5.74, 6) is 2.31. The molecule has 0 saturated heterocycles. The van der Waals surface area contributed by atoms with E-state index in [4.69, 9.17) is 0 Å². The molecule has 1 atom stereocenters. The molecule has 2 aliphatic rings. The largest absolute Gasteiger partial charge is 0.327 e. The quantitative estimate of drug-likeness (QED) is 0.151. The normalized spacial score (nSPS) is 16.0. The molecule has 3 aromatic carbocycles. The molecule has 4 aromatic rings. The summed E-state index contributed by atoms with van der Waals surface area (Å²) in [6, 6.07) is 23.1. The van der Waals surface area contributed by atoms with E-state index in [1.54, 1.807) is 12.1 Å². The van der Waals surface area contributed by atoms with E-state index in [-0.39, 0.29) is 17.9 Å². The standard InChI is InChI=1S/C32H35N7O2S/c40-30(35-31-36-38-39-37-31)26-17-15-25(16-18-26)29(24-13-11-23(12-14-24)22-5-2-1-3-6-22)34-32(41)33-27-7-4-8-28(19-27)42-20-21-9-10-21/h4,7-8,11-19,21-22,29H,1-3,5-6,9-10,20H2,(H2,33,34,41)(H2,35,36,37,38,39,40). The number of carbonyl (C=O) groups excluding carboxylic acids is 2. The maximum Gasteiger partial charge on any atom is 0.319 e. The van der Waals surface area contributed by atoms with Crippen LogP contribution in [0.25, 0.3) is 0 Å². The fourth-order valence-corrected chi connectivity index (χ4v) is 6.58. The third-order valence-corrected chi connectivity index (χ3v) is 9.20. The van der Waals surface area contributed by atoms with Crippen LogP contribution in [0.3, 0.4) is 0 Å². The topological polar surface area (TPSA) is 125 Å². The van der Waals surface area contributed by atoms with Crippen LogP contribution in [0.4, 0.5) is 16.4 Å². The van der Waals surface area contributed by atoms with Gasteiger partial charge in [0.25, 0.3) is 11.9 Å². The van der Waals surface area contributed by atoms with Crippen molar-refractivity contribution in [1.82, 2.24) is 25.9 Å². The number of benzene rings is 3. The second kappa shape index (κ2) is 13.2. The minimum atomic E-state index is -0.410. The van der Waals surface area contributed by atoms with Crippen LogP contribution in [0.2, 0.25) is 0 Å². The summed E-state index contributed by atoms with van der Waals surface area (Å²) >= 11 is 1.84. The molecule has 0 aliphatic heterocycles. The minimum Gasteiger partial charge on any atom is -0.327 e. The Morgan fingerprint density at radius 2 is 1.62 bits per heavy atom. The first-order chi connectivity index (χ1) is 20.6. The second-order valence-corrected chi connectivity index (χ2v) is 12.2. The number of aromatic amines is 1. The zero-order valence-corrected chi connectivity index (χ0v) is 24.2. The molecular weight excluding hydrogens is 546 g/mol. The van der Waals surface area contributed by atoms with Gasteiger partial charge in [0, 0.05) is 21.9 Å². The maximum absolute atomic E-state index is 13.3. The van der Waals surface area contributed by atoms with E-state index in [1.807, 2.05) is 42.1 Å². The van der Waals surface area contributed by atoms with Gasteiger partial charge in [-0.2, -0.15) is 5.21 Å². The van der Waals surface area contributed by atoms with E-state index in [1.165, 1.54) is 50.5 Å². The highest BCUT2D eigenvalue weighted by Gasteiger charge is 2.22. The molecule has 1 aromatic heterocycles. The Bertz CT molecular complexity index is 1480. The van der Waals surface area contributed by atoms with Crippen LogP contribution in [0.15, 0.2) is 77.7 Å². The van der Waals surface area contributed by atoms with Crippen molar-refractivity contribution in [2.24, 2.45) is 5.92 Å². The summed E-state index contributed by atoms with van der Waals surface area (Å²) in [6.45, 7) is 0. The van der Waals surface area contributed by atoms with Gasteiger partial charge in [-0.25, -0.2) is 4.79 Å². The predicted molar refractivity (Wildman–Crippen MR) is 165 cm³/mol. The van der Waals surface area contributed by atoms with Crippen LogP contribution in [0.1, 0.15) is 84.0 Å². The van der Waals surface area contributed by atoms with E-state index >= 15 is 0 Å². The van der Waals surface area contributed by atoms with Crippen LogP contribution < -0.4 is 16.0 Å². The van der Waals surface area contributed by atoms with Crippen molar-refractivity contribution in [3.8, 4) is 0 Å². The third kappa shape index (κ3) is 7.36. The van der Waals surface area contributed by atoms with Gasteiger partial charge in [0.2, 0.25) is 0 Å². The number of hydrogen-bond acceptors (Lipinski definition) is 6. The first-order valence-corrected chi connectivity index (χ1v) is 15.6. The molecule has 0 bridgehead atoms.